The molecular weight excluding hydrogens is 326 g/mol. The van der Waals surface area contributed by atoms with Gasteiger partial charge in [-0.05, 0) is 36.2 Å². The predicted molar refractivity (Wildman–Crippen MR) is 100 cm³/mol. The van der Waals surface area contributed by atoms with Crippen LogP contribution < -0.4 is 10.2 Å². The van der Waals surface area contributed by atoms with E-state index in [1.807, 2.05) is 53.2 Å². The second-order valence-electron chi connectivity index (χ2n) is 6.52. The van der Waals surface area contributed by atoms with Crippen LogP contribution in [0.4, 0.5) is 5.82 Å². The number of imidazole rings is 1. The molecule has 1 fully saturated rings. The van der Waals surface area contributed by atoms with E-state index >= 15 is 0 Å². The van der Waals surface area contributed by atoms with Gasteiger partial charge in [-0.15, -0.1) is 0 Å². The lowest BCUT2D eigenvalue weighted by molar-refractivity contribution is 0.0940. The molecule has 1 aliphatic heterocycles. The molecule has 4 rings (SSSR count). The summed E-state index contributed by atoms with van der Waals surface area (Å²) >= 11 is 0. The first-order valence-electron chi connectivity index (χ1n) is 8.79. The van der Waals surface area contributed by atoms with Gasteiger partial charge in [-0.25, -0.2) is 9.97 Å². The Labute approximate surface area is 152 Å². The molecule has 26 heavy (non-hydrogen) atoms. The maximum absolute atomic E-state index is 12.5. The fourth-order valence-corrected chi connectivity index (χ4v) is 3.25. The molecule has 1 N–H and O–H groups in total. The molecule has 0 spiro atoms. The molecule has 132 valence electrons. The van der Waals surface area contributed by atoms with E-state index in [1.165, 1.54) is 0 Å². The molecule has 0 radical (unpaired) electrons. The SMILES string of the molecule is O=C(NC1CCN(c2ccccn2)C1)c1ccc(Cn2ccnc2)cc1. The molecular formula is C20H21N5O. The number of hydrogen-bond donors (Lipinski definition) is 1. The average Bonchev–Trinajstić information content (AvgIpc) is 3.35. The lowest BCUT2D eigenvalue weighted by atomic mass is 10.1. The molecule has 3 heterocycles. The van der Waals surface area contributed by atoms with Gasteiger partial charge < -0.3 is 14.8 Å². The highest BCUT2D eigenvalue weighted by Crippen LogP contribution is 2.17. The molecule has 1 atom stereocenters. The van der Waals surface area contributed by atoms with E-state index in [-0.39, 0.29) is 11.9 Å². The van der Waals surface area contributed by atoms with E-state index < -0.39 is 0 Å². The van der Waals surface area contributed by atoms with Crippen LogP contribution in [0, 0.1) is 0 Å². The summed E-state index contributed by atoms with van der Waals surface area (Å²) in [5.41, 5.74) is 1.83. The van der Waals surface area contributed by atoms with E-state index in [1.54, 1.807) is 18.7 Å². The first-order valence-corrected chi connectivity index (χ1v) is 8.79. The van der Waals surface area contributed by atoms with Crippen LogP contribution in [0.1, 0.15) is 22.3 Å². The van der Waals surface area contributed by atoms with Crippen LogP contribution >= 0.6 is 0 Å². The minimum atomic E-state index is -0.0212. The van der Waals surface area contributed by atoms with Gasteiger partial charge in [-0.1, -0.05) is 18.2 Å². The van der Waals surface area contributed by atoms with E-state index in [0.29, 0.717) is 5.56 Å². The van der Waals surface area contributed by atoms with Crippen molar-refractivity contribution in [1.82, 2.24) is 19.9 Å². The van der Waals surface area contributed by atoms with Crippen molar-refractivity contribution in [2.45, 2.75) is 19.0 Å². The van der Waals surface area contributed by atoms with Gasteiger partial charge in [0.25, 0.3) is 5.91 Å². The number of nitrogens with zero attached hydrogens (tertiary/aromatic N) is 4. The van der Waals surface area contributed by atoms with E-state index in [9.17, 15) is 4.79 Å². The Morgan fingerprint density at radius 3 is 2.77 bits per heavy atom. The number of benzene rings is 1. The lowest BCUT2D eigenvalue weighted by Crippen LogP contribution is -2.37. The Hall–Kier alpha value is -3.15. The Kier molecular flexibility index (Phi) is 4.64. The van der Waals surface area contributed by atoms with Crippen molar-refractivity contribution in [2.75, 3.05) is 18.0 Å². The number of aromatic nitrogens is 3. The van der Waals surface area contributed by atoms with Crippen LogP contribution in [-0.2, 0) is 6.54 Å². The van der Waals surface area contributed by atoms with Crippen molar-refractivity contribution < 1.29 is 4.79 Å². The number of hydrogen-bond acceptors (Lipinski definition) is 4. The van der Waals surface area contributed by atoms with Gasteiger partial charge in [0.15, 0.2) is 0 Å². The smallest absolute Gasteiger partial charge is 0.251 e. The van der Waals surface area contributed by atoms with Crippen LogP contribution in [0.25, 0.3) is 0 Å². The van der Waals surface area contributed by atoms with E-state index in [0.717, 1.165) is 37.4 Å². The first-order chi connectivity index (χ1) is 12.8. The van der Waals surface area contributed by atoms with Crippen LogP contribution in [0.2, 0.25) is 0 Å². The summed E-state index contributed by atoms with van der Waals surface area (Å²) in [6.07, 6.45) is 8.20. The zero-order valence-electron chi connectivity index (χ0n) is 14.5. The quantitative estimate of drug-likeness (QED) is 0.769. The van der Waals surface area contributed by atoms with Gasteiger partial charge in [0.1, 0.15) is 5.82 Å². The zero-order valence-corrected chi connectivity index (χ0v) is 14.5. The van der Waals surface area contributed by atoms with Gasteiger partial charge in [-0.3, -0.25) is 4.79 Å². The molecule has 0 saturated carbocycles. The number of nitrogens with one attached hydrogen (secondary N) is 1. The minimum Gasteiger partial charge on any atom is -0.354 e. The number of pyridine rings is 1. The standard InChI is InChI=1S/C20H21N5O/c26-20(17-6-4-16(5-7-17)13-24-12-10-21-15-24)23-18-8-11-25(14-18)19-3-1-2-9-22-19/h1-7,9-10,12,15,18H,8,11,13-14H2,(H,23,26). The third-order valence-corrected chi connectivity index (χ3v) is 4.64. The molecule has 6 nitrogen and oxygen atoms in total. The molecule has 2 aromatic heterocycles. The summed E-state index contributed by atoms with van der Waals surface area (Å²) in [4.78, 5) is 23.1. The van der Waals surface area contributed by atoms with Gasteiger partial charge in [-0.2, -0.15) is 0 Å². The summed E-state index contributed by atoms with van der Waals surface area (Å²) < 4.78 is 2.00. The second-order valence-corrected chi connectivity index (χ2v) is 6.52. The van der Waals surface area contributed by atoms with Crippen molar-refractivity contribution in [3.63, 3.8) is 0 Å². The molecule has 1 aromatic carbocycles. The molecule has 1 unspecified atom stereocenters. The Morgan fingerprint density at radius 2 is 2.04 bits per heavy atom. The molecule has 6 heteroatoms. The maximum atomic E-state index is 12.5. The topological polar surface area (TPSA) is 63.1 Å². The second kappa shape index (κ2) is 7.39. The average molecular weight is 347 g/mol. The number of carbonyl (C=O) groups is 1. The number of amides is 1. The lowest BCUT2D eigenvalue weighted by Gasteiger charge is -2.17. The van der Waals surface area contributed by atoms with Crippen LogP contribution in [0.5, 0.6) is 0 Å². The fraction of sp³-hybridized carbons (Fsp3) is 0.250. The highest BCUT2D eigenvalue weighted by molar-refractivity contribution is 5.94. The Bertz CT molecular complexity index is 846. The van der Waals surface area contributed by atoms with Gasteiger partial charge in [0.2, 0.25) is 0 Å². The van der Waals surface area contributed by atoms with Crippen molar-refractivity contribution in [2.24, 2.45) is 0 Å². The molecule has 0 aliphatic carbocycles. The van der Waals surface area contributed by atoms with Gasteiger partial charge >= 0.3 is 0 Å². The van der Waals surface area contributed by atoms with Crippen molar-refractivity contribution in [3.8, 4) is 0 Å². The first kappa shape index (κ1) is 16.3. The van der Waals surface area contributed by atoms with Gasteiger partial charge in [0, 0.05) is 49.8 Å². The highest BCUT2D eigenvalue weighted by atomic mass is 16.1. The number of anilines is 1. The minimum absolute atomic E-state index is 0.0212. The normalized spacial score (nSPS) is 16.6. The van der Waals surface area contributed by atoms with Crippen molar-refractivity contribution in [3.05, 3.63) is 78.5 Å². The molecule has 1 saturated heterocycles. The zero-order chi connectivity index (χ0) is 17.8. The van der Waals surface area contributed by atoms with Crippen LogP contribution in [-0.4, -0.2) is 39.6 Å². The highest BCUT2D eigenvalue weighted by Gasteiger charge is 2.24. The summed E-state index contributed by atoms with van der Waals surface area (Å²) in [6, 6.07) is 13.8. The Balaban J connectivity index is 1.33. The summed E-state index contributed by atoms with van der Waals surface area (Å²) in [5, 5.41) is 3.14. The van der Waals surface area contributed by atoms with Crippen LogP contribution in [0.3, 0.4) is 0 Å². The Morgan fingerprint density at radius 1 is 1.15 bits per heavy atom. The third-order valence-electron chi connectivity index (χ3n) is 4.64. The molecule has 1 aliphatic rings. The molecule has 3 aromatic rings. The predicted octanol–water partition coefficient (Wildman–Crippen LogP) is 2.34. The van der Waals surface area contributed by atoms with Crippen molar-refractivity contribution in [1.29, 1.82) is 0 Å². The maximum Gasteiger partial charge on any atom is 0.251 e. The summed E-state index contributed by atoms with van der Waals surface area (Å²) in [5.74, 6) is 0.945. The van der Waals surface area contributed by atoms with E-state index in [4.69, 9.17) is 0 Å². The molecule has 1 amide bonds. The van der Waals surface area contributed by atoms with Crippen molar-refractivity contribution >= 4 is 11.7 Å². The largest absolute Gasteiger partial charge is 0.354 e. The fourth-order valence-electron chi connectivity index (χ4n) is 3.25. The van der Waals surface area contributed by atoms with Gasteiger partial charge in [0.05, 0.1) is 6.33 Å². The molecule has 0 bridgehead atoms. The van der Waals surface area contributed by atoms with Crippen LogP contribution in [0.15, 0.2) is 67.4 Å². The third kappa shape index (κ3) is 3.74. The summed E-state index contributed by atoms with van der Waals surface area (Å²) in [6.45, 7) is 2.46. The van der Waals surface area contributed by atoms with E-state index in [2.05, 4.69) is 20.2 Å². The number of rotatable bonds is 5. The number of carbonyl (C=O) groups excluding carboxylic acids is 1. The monoisotopic (exact) mass is 347 g/mol. The summed E-state index contributed by atoms with van der Waals surface area (Å²) in [7, 11) is 0.